The lowest BCUT2D eigenvalue weighted by molar-refractivity contribution is 0.669. The average Bonchev–Trinajstić information content (AvgIpc) is 3.68. The first-order valence-corrected chi connectivity index (χ1v) is 20.1. The van der Waals surface area contributed by atoms with Crippen molar-refractivity contribution in [2.24, 2.45) is 0 Å². The molecule has 278 valence electrons. The molecule has 0 aliphatic heterocycles. The van der Waals surface area contributed by atoms with E-state index in [1.807, 2.05) is 12.1 Å². The second kappa shape index (κ2) is 14.6. The van der Waals surface area contributed by atoms with E-state index >= 15 is 0 Å². The molecule has 10 aromatic carbocycles. The largest absolute Gasteiger partial charge is 0.456 e. The maximum atomic E-state index is 6.15. The Morgan fingerprint density at radius 3 is 1.36 bits per heavy atom. The van der Waals surface area contributed by atoms with E-state index in [-0.39, 0.29) is 0 Å². The van der Waals surface area contributed by atoms with E-state index < -0.39 is 0 Å². The van der Waals surface area contributed by atoms with Crippen LogP contribution in [0.5, 0.6) is 0 Å². The van der Waals surface area contributed by atoms with Crippen molar-refractivity contribution in [1.82, 2.24) is 0 Å². The molecule has 0 aliphatic carbocycles. The number of rotatable bonds is 8. The molecular weight excluding hydrogens is 717 g/mol. The summed E-state index contributed by atoms with van der Waals surface area (Å²) in [6, 6.07) is 82.6. The van der Waals surface area contributed by atoms with E-state index in [0.29, 0.717) is 0 Å². The maximum absolute atomic E-state index is 6.15. The molecule has 0 aliphatic rings. The highest BCUT2D eigenvalue weighted by Gasteiger charge is 2.21. The van der Waals surface area contributed by atoms with Crippen molar-refractivity contribution in [1.29, 1.82) is 0 Å². The lowest BCUT2D eigenvalue weighted by Gasteiger charge is -2.30. The Bertz CT molecular complexity index is 3220. The van der Waals surface area contributed by atoms with Gasteiger partial charge in [0, 0.05) is 44.9 Å². The number of fused-ring (bicyclic) bond motifs is 6. The molecular formula is C56H38N2O. The smallest absolute Gasteiger partial charge is 0.135 e. The molecule has 59 heavy (non-hydrogen) atoms. The van der Waals surface area contributed by atoms with Crippen molar-refractivity contribution in [3.8, 4) is 22.3 Å². The van der Waals surface area contributed by atoms with Gasteiger partial charge in [-0.05, 0) is 135 Å². The quantitative estimate of drug-likeness (QED) is 0.144. The minimum Gasteiger partial charge on any atom is -0.456 e. The zero-order valence-electron chi connectivity index (χ0n) is 32.2. The Morgan fingerprint density at radius 2 is 0.729 bits per heavy atom. The number of hydrogen-bond donors (Lipinski definition) is 0. The van der Waals surface area contributed by atoms with E-state index in [9.17, 15) is 0 Å². The minimum atomic E-state index is 0.900. The van der Waals surface area contributed by atoms with Crippen LogP contribution < -0.4 is 9.80 Å². The molecule has 3 nitrogen and oxygen atoms in total. The van der Waals surface area contributed by atoms with E-state index in [4.69, 9.17) is 4.42 Å². The summed E-state index contributed by atoms with van der Waals surface area (Å²) < 4.78 is 6.15. The van der Waals surface area contributed by atoms with Crippen molar-refractivity contribution in [3.05, 3.63) is 231 Å². The van der Waals surface area contributed by atoms with Gasteiger partial charge in [-0.2, -0.15) is 0 Å². The topological polar surface area (TPSA) is 19.6 Å². The van der Waals surface area contributed by atoms with Crippen molar-refractivity contribution in [3.63, 3.8) is 0 Å². The fraction of sp³-hybridized carbons (Fsp3) is 0. The Labute approximate surface area is 343 Å². The summed E-state index contributed by atoms with van der Waals surface area (Å²) in [5.41, 5.74) is 12.8. The molecule has 0 bridgehead atoms. The highest BCUT2D eigenvalue weighted by molar-refractivity contribution is 6.14. The number of nitrogens with zero attached hydrogens (tertiary/aromatic N) is 2. The zero-order valence-corrected chi connectivity index (χ0v) is 32.2. The highest BCUT2D eigenvalue weighted by atomic mass is 16.3. The monoisotopic (exact) mass is 754 g/mol. The fourth-order valence-electron chi connectivity index (χ4n) is 8.64. The second-order valence-corrected chi connectivity index (χ2v) is 15.0. The first-order chi connectivity index (χ1) is 29.2. The van der Waals surface area contributed by atoms with Crippen molar-refractivity contribution in [2.75, 3.05) is 9.80 Å². The summed E-state index contributed by atoms with van der Waals surface area (Å²) in [6.07, 6.45) is 0. The van der Waals surface area contributed by atoms with Crippen LogP contribution in [0.4, 0.5) is 34.1 Å². The molecule has 0 radical (unpaired) electrons. The van der Waals surface area contributed by atoms with Crippen LogP contribution in [0.1, 0.15) is 0 Å². The first kappa shape index (κ1) is 34.4. The number of anilines is 6. The summed E-state index contributed by atoms with van der Waals surface area (Å²) in [7, 11) is 0. The van der Waals surface area contributed by atoms with Crippen LogP contribution in [0, 0.1) is 0 Å². The standard InChI is InChI=1S/C56H38N2O/c1-4-17-43(18-5-1)57(44-19-6-2-7-20-44)47-34-42(53-37-41-16-10-11-23-49(41)50-24-12-13-25-51(50)53)35-48(38-47)58(45-21-8-3-9-22-45)46-31-28-39(29-32-46)40-30-33-56-54(36-40)52-26-14-15-27-55(52)59-56/h1-38H. The van der Waals surface area contributed by atoms with Gasteiger partial charge in [0.05, 0.1) is 0 Å². The van der Waals surface area contributed by atoms with Gasteiger partial charge in [0.1, 0.15) is 11.2 Å². The number of benzene rings is 10. The van der Waals surface area contributed by atoms with Gasteiger partial charge in [-0.15, -0.1) is 0 Å². The predicted octanol–water partition coefficient (Wildman–Crippen LogP) is 16.2. The van der Waals surface area contributed by atoms with Crippen LogP contribution in [-0.4, -0.2) is 0 Å². The lowest BCUT2D eigenvalue weighted by Crippen LogP contribution is -2.13. The maximum Gasteiger partial charge on any atom is 0.135 e. The zero-order chi connectivity index (χ0) is 39.1. The highest BCUT2D eigenvalue weighted by Crippen LogP contribution is 2.45. The second-order valence-electron chi connectivity index (χ2n) is 15.0. The first-order valence-electron chi connectivity index (χ1n) is 20.1. The van der Waals surface area contributed by atoms with Crippen LogP contribution >= 0.6 is 0 Å². The van der Waals surface area contributed by atoms with Gasteiger partial charge < -0.3 is 14.2 Å². The summed E-state index contributed by atoms with van der Waals surface area (Å²) in [5.74, 6) is 0. The lowest BCUT2D eigenvalue weighted by atomic mass is 9.92. The Kier molecular flexibility index (Phi) is 8.49. The van der Waals surface area contributed by atoms with Crippen LogP contribution in [0.3, 0.4) is 0 Å². The SMILES string of the molecule is c1ccc(N(c2ccccc2)c2cc(-c3cc4ccccc4c4ccccc34)cc(N(c3ccccc3)c3ccc(-c4ccc5oc6ccccc6c5c4)cc3)c2)cc1. The molecule has 1 heterocycles. The molecule has 0 saturated heterocycles. The van der Waals surface area contributed by atoms with Gasteiger partial charge in [-0.3, -0.25) is 0 Å². The van der Waals surface area contributed by atoms with Crippen molar-refractivity contribution in [2.45, 2.75) is 0 Å². The molecule has 0 saturated carbocycles. The summed E-state index contributed by atoms with van der Waals surface area (Å²) in [4.78, 5) is 4.74. The van der Waals surface area contributed by atoms with E-state index in [1.165, 1.54) is 27.1 Å². The van der Waals surface area contributed by atoms with Gasteiger partial charge in [0.25, 0.3) is 0 Å². The Morgan fingerprint density at radius 1 is 0.254 bits per heavy atom. The van der Waals surface area contributed by atoms with Gasteiger partial charge in [0.2, 0.25) is 0 Å². The number of para-hydroxylation sites is 4. The molecule has 0 N–H and O–H groups in total. The molecule has 0 atom stereocenters. The van der Waals surface area contributed by atoms with E-state index in [0.717, 1.165) is 72.8 Å². The molecule has 11 rings (SSSR count). The molecule has 11 aromatic rings. The van der Waals surface area contributed by atoms with Crippen LogP contribution in [0.2, 0.25) is 0 Å². The van der Waals surface area contributed by atoms with Crippen LogP contribution in [0.25, 0.3) is 65.7 Å². The third-order valence-electron chi connectivity index (χ3n) is 11.4. The minimum absolute atomic E-state index is 0.900. The normalized spacial score (nSPS) is 11.4. The Hall–Kier alpha value is -7.88. The number of hydrogen-bond acceptors (Lipinski definition) is 3. The van der Waals surface area contributed by atoms with Gasteiger partial charge in [-0.1, -0.05) is 140 Å². The fourth-order valence-corrected chi connectivity index (χ4v) is 8.64. The van der Waals surface area contributed by atoms with Gasteiger partial charge in [-0.25, -0.2) is 0 Å². The molecule has 0 fully saturated rings. The summed E-state index contributed by atoms with van der Waals surface area (Å²) >= 11 is 0. The summed E-state index contributed by atoms with van der Waals surface area (Å²) in [6.45, 7) is 0. The molecule has 0 unspecified atom stereocenters. The molecule has 3 heteroatoms. The third kappa shape index (κ3) is 6.26. The molecule has 0 spiro atoms. The van der Waals surface area contributed by atoms with Gasteiger partial charge in [0.15, 0.2) is 0 Å². The average molecular weight is 755 g/mol. The van der Waals surface area contributed by atoms with Crippen LogP contribution in [0.15, 0.2) is 235 Å². The third-order valence-corrected chi connectivity index (χ3v) is 11.4. The van der Waals surface area contributed by atoms with Gasteiger partial charge >= 0.3 is 0 Å². The predicted molar refractivity (Wildman–Crippen MR) is 249 cm³/mol. The van der Waals surface area contributed by atoms with Crippen molar-refractivity contribution < 1.29 is 4.42 Å². The van der Waals surface area contributed by atoms with E-state index in [2.05, 4.69) is 228 Å². The summed E-state index contributed by atoms with van der Waals surface area (Å²) in [5, 5.41) is 7.19. The number of furan rings is 1. The van der Waals surface area contributed by atoms with Crippen molar-refractivity contribution >= 4 is 77.6 Å². The van der Waals surface area contributed by atoms with Crippen LogP contribution in [-0.2, 0) is 0 Å². The van der Waals surface area contributed by atoms with E-state index in [1.54, 1.807) is 0 Å². The Balaban J connectivity index is 1.12. The molecule has 0 amide bonds. The molecule has 1 aromatic heterocycles.